The lowest BCUT2D eigenvalue weighted by molar-refractivity contribution is -0.0601. The van der Waals surface area contributed by atoms with Crippen molar-refractivity contribution in [3.8, 4) is 0 Å². The second-order valence-corrected chi connectivity index (χ2v) is 3.32. The summed E-state index contributed by atoms with van der Waals surface area (Å²) in [4.78, 5) is 0. The molecule has 1 aromatic rings. The minimum atomic E-state index is -4.64. The third-order valence-electron chi connectivity index (χ3n) is 1.86. The summed E-state index contributed by atoms with van der Waals surface area (Å²) in [5.74, 6) is 0. The maximum absolute atomic E-state index is 12.4. The van der Waals surface area contributed by atoms with Crippen LogP contribution in [-0.2, 0) is 0 Å². The van der Waals surface area contributed by atoms with E-state index in [4.69, 9.17) is 5.21 Å². The second-order valence-electron chi connectivity index (χ2n) is 3.32. The Bertz CT molecular complexity index is 376. The van der Waals surface area contributed by atoms with Crippen LogP contribution >= 0.6 is 0 Å². The third-order valence-corrected chi connectivity index (χ3v) is 1.86. The Morgan fingerprint density at radius 3 is 1.93 bits per heavy atom. The summed E-state index contributed by atoms with van der Waals surface area (Å²) in [6, 6.07) is 4.40. The highest BCUT2D eigenvalue weighted by molar-refractivity contribution is 6.04. The van der Waals surface area contributed by atoms with E-state index in [2.05, 4.69) is 5.16 Å². The number of benzene rings is 1. The highest BCUT2D eigenvalue weighted by Gasteiger charge is 2.37. The molecule has 0 radical (unpaired) electrons. The Kier molecular flexibility index (Phi) is 3.02. The fraction of sp³-hybridized carbons (Fsp3) is 0.300. The van der Waals surface area contributed by atoms with Crippen molar-refractivity contribution in [3.63, 3.8) is 0 Å². The van der Waals surface area contributed by atoms with Crippen LogP contribution in [-0.4, -0.2) is 17.1 Å². The van der Waals surface area contributed by atoms with Crippen LogP contribution in [0.3, 0.4) is 0 Å². The lowest BCUT2D eigenvalue weighted by Gasteiger charge is -2.10. The quantitative estimate of drug-likeness (QED) is 0.437. The van der Waals surface area contributed by atoms with Crippen molar-refractivity contribution in [3.05, 3.63) is 34.9 Å². The van der Waals surface area contributed by atoms with Gasteiger partial charge in [-0.25, -0.2) is 0 Å². The number of halogens is 3. The van der Waals surface area contributed by atoms with Crippen molar-refractivity contribution in [2.75, 3.05) is 0 Å². The normalized spacial score (nSPS) is 13.0. The predicted molar refractivity (Wildman–Crippen MR) is 50.3 cm³/mol. The Morgan fingerprint density at radius 2 is 1.60 bits per heavy atom. The Labute approximate surface area is 85.0 Å². The SMILES string of the molecule is Cc1cc(C)cc(C(=NO)C(F)(F)F)c1. The summed E-state index contributed by atoms with van der Waals surface area (Å²) < 4.78 is 37.1. The summed E-state index contributed by atoms with van der Waals surface area (Å²) in [5.41, 5.74) is -0.0115. The van der Waals surface area contributed by atoms with E-state index in [1.807, 2.05) is 0 Å². The molecule has 1 aromatic carbocycles. The highest BCUT2D eigenvalue weighted by atomic mass is 19.4. The van der Waals surface area contributed by atoms with Gasteiger partial charge in [-0.2, -0.15) is 13.2 Å². The summed E-state index contributed by atoms with van der Waals surface area (Å²) >= 11 is 0. The number of nitrogens with zero attached hydrogens (tertiary/aromatic N) is 1. The zero-order valence-electron chi connectivity index (χ0n) is 8.26. The van der Waals surface area contributed by atoms with Gasteiger partial charge >= 0.3 is 6.18 Å². The fourth-order valence-corrected chi connectivity index (χ4v) is 1.39. The lowest BCUT2D eigenvalue weighted by atomic mass is 10.0. The molecule has 15 heavy (non-hydrogen) atoms. The third kappa shape index (κ3) is 2.71. The van der Waals surface area contributed by atoms with E-state index in [0.29, 0.717) is 11.1 Å². The highest BCUT2D eigenvalue weighted by Crippen LogP contribution is 2.23. The number of rotatable bonds is 1. The van der Waals surface area contributed by atoms with Gasteiger partial charge in [0.05, 0.1) is 0 Å². The van der Waals surface area contributed by atoms with Gasteiger partial charge in [-0.15, -0.1) is 0 Å². The molecule has 0 unspecified atom stereocenters. The van der Waals surface area contributed by atoms with Crippen molar-refractivity contribution in [1.29, 1.82) is 0 Å². The largest absolute Gasteiger partial charge is 0.437 e. The summed E-state index contributed by atoms with van der Waals surface area (Å²) in [6.07, 6.45) is -4.64. The molecule has 5 heteroatoms. The Balaban J connectivity index is 3.26. The van der Waals surface area contributed by atoms with E-state index in [1.54, 1.807) is 19.9 Å². The molecular weight excluding hydrogens is 207 g/mol. The lowest BCUT2D eigenvalue weighted by Crippen LogP contribution is -2.24. The number of hydrogen-bond acceptors (Lipinski definition) is 2. The summed E-state index contributed by atoms with van der Waals surface area (Å²) in [6.45, 7) is 3.36. The smallest absolute Gasteiger partial charge is 0.410 e. The molecule has 82 valence electrons. The molecule has 0 bridgehead atoms. The first-order chi connectivity index (χ1) is 6.84. The van der Waals surface area contributed by atoms with E-state index in [1.165, 1.54) is 12.1 Å². The molecule has 0 spiro atoms. The zero-order valence-corrected chi connectivity index (χ0v) is 8.26. The van der Waals surface area contributed by atoms with Gasteiger partial charge in [-0.3, -0.25) is 0 Å². The van der Waals surface area contributed by atoms with Crippen LogP contribution in [0.1, 0.15) is 16.7 Å². The maximum atomic E-state index is 12.4. The molecule has 0 aliphatic heterocycles. The average molecular weight is 217 g/mol. The van der Waals surface area contributed by atoms with Gasteiger partial charge in [-0.1, -0.05) is 22.3 Å². The molecule has 2 nitrogen and oxygen atoms in total. The molecule has 1 N–H and O–H groups in total. The number of aryl methyl sites for hydroxylation is 2. The summed E-state index contributed by atoms with van der Waals surface area (Å²) in [7, 11) is 0. The average Bonchev–Trinajstić information content (AvgIpc) is 1.99. The van der Waals surface area contributed by atoms with Gasteiger partial charge in [0.1, 0.15) is 0 Å². The summed E-state index contributed by atoms with van der Waals surface area (Å²) in [5, 5.41) is 10.7. The van der Waals surface area contributed by atoms with Crippen LogP contribution in [0, 0.1) is 13.8 Å². The molecular formula is C10H10F3NO. The van der Waals surface area contributed by atoms with Crippen molar-refractivity contribution >= 4 is 5.71 Å². The number of hydrogen-bond donors (Lipinski definition) is 1. The van der Waals surface area contributed by atoms with Crippen LogP contribution in [0.15, 0.2) is 23.4 Å². The minimum Gasteiger partial charge on any atom is -0.410 e. The topological polar surface area (TPSA) is 32.6 Å². The number of oxime groups is 1. The van der Waals surface area contributed by atoms with E-state index < -0.39 is 11.9 Å². The molecule has 0 amide bonds. The van der Waals surface area contributed by atoms with E-state index in [0.717, 1.165) is 0 Å². The molecule has 1 rings (SSSR count). The van der Waals surface area contributed by atoms with E-state index >= 15 is 0 Å². The first-order valence-corrected chi connectivity index (χ1v) is 4.22. The first-order valence-electron chi connectivity index (χ1n) is 4.22. The van der Waals surface area contributed by atoms with Gasteiger partial charge in [0.15, 0.2) is 5.71 Å². The molecule has 0 saturated heterocycles. The van der Waals surface area contributed by atoms with Crippen molar-refractivity contribution in [2.45, 2.75) is 20.0 Å². The van der Waals surface area contributed by atoms with E-state index in [-0.39, 0.29) is 5.56 Å². The number of alkyl halides is 3. The fourth-order valence-electron chi connectivity index (χ4n) is 1.39. The monoisotopic (exact) mass is 217 g/mol. The molecule has 0 aliphatic rings. The molecule has 0 atom stereocenters. The van der Waals surface area contributed by atoms with Crippen molar-refractivity contribution < 1.29 is 18.4 Å². The molecule has 0 aliphatic carbocycles. The predicted octanol–water partition coefficient (Wildman–Crippen LogP) is 3.04. The van der Waals surface area contributed by atoms with Gasteiger partial charge in [-0.05, 0) is 26.0 Å². The van der Waals surface area contributed by atoms with Crippen LogP contribution in [0.2, 0.25) is 0 Å². The molecule has 0 fully saturated rings. The standard InChI is InChI=1S/C10H10F3NO/c1-6-3-7(2)5-8(4-6)9(14-15)10(11,12)13/h3-5,15H,1-2H3. The zero-order chi connectivity index (χ0) is 11.6. The van der Waals surface area contributed by atoms with Gasteiger partial charge in [0.25, 0.3) is 0 Å². The first kappa shape index (κ1) is 11.6. The van der Waals surface area contributed by atoms with Gasteiger partial charge < -0.3 is 5.21 Å². The van der Waals surface area contributed by atoms with Crippen molar-refractivity contribution in [1.82, 2.24) is 0 Å². The van der Waals surface area contributed by atoms with E-state index in [9.17, 15) is 13.2 Å². The van der Waals surface area contributed by atoms with Crippen LogP contribution in [0.25, 0.3) is 0 Å². The second kappa shape index (κ2) is 3.92. The molecule has 0 heterocycles. The molecule has 0 saturated carbocycles. The van der Waals surface area contributed by atoms with Gasteiger partial charge in [0, 0.05) is 5.56 Å². The van der Waals surface area contributed by atoms with Crippen molar-refractivity contribution in [2.24, 2.45) is 5.16 Å². The van der Waals surface area contributed by atoms with Crippen LogP contribution in [0.5, 0.6) is 0 Å². The minimum absolute atomic E-state index is 0.123. The molecule has 0 aromatic heterocycles. The Morgan fingerprint density at radius 1 is 1.13 bits per heavy atom. The van der Waals surface area contributed by atoms with Crippen LogP contribution < -0.4 is 0 Å². The van der Waals surface area contributed by atoms with Gasteiger partial charge in [0.2, 0.25) is 0 Å². The Hall–Kier alpha value is -1.52. The maximum Gasteiger partial charge on any atom is 0.437 e. The van der Waals surface area contributed by atoms with Crippen LogP contribution in [0.4, 0.5) is 13.2 Å².